The van der Waals surface area contributed by atoms with Crippen LogP contribution in [0.15, 0.2) is 42.5 Å². The zero-order chi connectivity index (χ0) is 16.7. The van der Waals surface area contributed by atoms with Crippen LogP contribution in [0.5, 0.6) is 0 Å². The average Bonchev–Trinajstić information content (AvgIpc) is 2.53. The summed E-state index contributed by atoms with van der Waals surface area (Å²) >= 11 is 2.28. The van der Waals surface area contributed by atoms with Gasteiger partial charge in [0.05, 0.1) is 0 Å². The first-order chi connectivity index (χ1) is 11.1. The normalized spacial score (nSPS) is 11.1. The molecule has 0 spiro atoms. The first-order valence-corrected chi connectivity index (χ1v) is 9.17. The van der Waals surface area contributed by atoms with Gasteiger partial charge in [-0.1, -0.05) is 25.1 Å². The maximum atomic E-state index is 12.9. The number of anilines is 1. The molecule has 0 atom stereocenters. The Morgan fingerprint density at radius 2 is 1.74 bits per heavy atom. The summed E-state index contributed by atoms with van der Waals surface area (Å²) in [6, 6.07) is 13.1. The predicted octanol–water partition coefficient (Wildman–Crippen LogP) is 4.86. The summed E-state index contributed by atoms with van der Waals surface area (Å²) in [6.07, 6.45) is 3.21. The Morgan fingerprint density at radius 1 is 1.04 bits per heavy atom. The van der Waals surface area contributed by atoms with Crippen LogP contribution >= 0.6 is 22.6 Å². The number of nitrogens with zero attached hydrogens (tertiary/aromatic N) is 1. The Bertz CT molecular complexity index is 613. The fourth-order valence-corrected chi connectivity index (χ4v) is 3.25. The molecule has 4 heteroatoms. The molecule has 0 amide bonds. The lowest BCUT2D eigenvalue weighted by Gasteiger charge is -2.22. The van der Waals surface area contributed by atoms with Crippen LogP contribution in [0.1, 0.15) is 30.9 Å². The summed E-state index contributed by atoms with van der Waals surface area (Å²) < 4.78 is 14.0. The molecule has 0 aliphatic carbocycles. The monoisotopic (exact) mass is 426 g/mol. The molecule has 2 N–H and O–H groups in total. The molecule has 0 saturated heterocycles. The van der Waals surface area contributed by atoms with Crippen LogP contribution in [0.3, 0.4) is 0 Å². The van der Waals surface area contributed by atoms with E-state index in [1.54, 1.807) is 0 Å². The standard InChI is InChI=1S/C19H24FIN2/c1-2-11-23(14-16-7-10-19(22)18(21)13-16)12-3-4-15-5-8-17(20)9-6-15/h5-10,13H,2-4,11-12,14,22H2,1H3. The van der Waals surface area contributed by atoms with E-state index in [2.05, 4.69) is 46.5 Å². The Morgan fingerprint density at radius 3 is 2.39 bits per heavy atom. The minimum Gasteiger partial charge on any atom is -0.398 e. The molecule has 0 bridgehead atoms. The van der Waals surface area contributed by atoms with E-state index < -0.39 is 0 Å². The van der Waals surface area contributed by atoms with E-state index in [1.165, 1.54) is 23.3 Å². The van der Waals surface area contributed by atoms with Gasteiger partial charge in [0.1, 0.15) is 5.82 Å². The highest BCUT2D eigenvalue weighted by Crippen LogP contribution is 2.18. The number of nitrogens with two attached hydrogens (primary N) is 1. The van der Waals surface area contributed by atoms with Gasteiger partial charge in [-0.15, -0.1) is 0 Å². The Labute approximate surface area is 152 Å². The van der Waals surface area contributed by atoms with Crippen LogP contribution in [-0.2, 0) is 13.0 Å². The maximum absolute atomic E-state index is 12.9. The number of rotatable bonds is 8. The minimum atomic E-state index is -0.167. The molecular formula is C19H24FIN2. The van der Waals surface area contributed by atoms with Gasteiger partial charge in [-0.2, -0.15) is 0 Å². The lowest BCUT2D eigenvalue weighted by molar-refractivity contribution is 0.262. The molecule has 0 aliphatic rings. The molecule has 124 valence electrons. The summed E-state index contributed by atoms with van der Waals surface area (Å²) in [6.45, 7) is 5.30. The van der Waals surface area contributed by atoms with Gasteiger partial charge < -0.3 is 5.73 Å². The molecule has 0 heterocycles. The largest absolute Gasteiger partial charge is 0.398 e. The molecule has 23 heavy (non-hydrogen) atoms. The molecule has 2 aromatic carbocycles. The first-order valence-electron chi connectivity index (χ1n) is 8.09. The quantitative estimate of drug-likeness (QED) is 0.483. The van der Waals surface area contributed by atoms with Gasteiger partial charge in [0.25, 0.3) is 0 Å². The van der Waals surface area contributed by atoms with E-state index in [0.717, 1.165) is 48.2 Å². The zero-order valence-electron chi connectivity index (χ0n) is 13.6. The minimum absolute atomic E-state index is 0.167. The van der Waals surface area contributed by atoms with Crippen LogP contribution in [0.4, 0.5) is 10.1 Å². The van der Waals surface area contributed by atoms with Crippen molar-refractivity contribution in [3.8, 4) is 0 Å². The van der Waals surface area contributed by atoms with Gasteiger partial charge in [-0.25, -0.2) is 4.39 Å². The lowest BCUT2D eigenvalue weighted by atomic mass is 10.1. The van der Waals surface area contributed by atoms with Crippen molar-refractivity contribution in [2.24, 2.45) is 0 Å². The predicted molar refractivity (Wildman–Crippen MR) is 104 cm³/mol. The van der Waals surface area contributed by atoms with Crippen molar-refractivity contribution in [1.82, 2.24) is 4.90 Å². The van der Waals surface area contributed by atoms with E-state index in [1.807, 2.05) is 18.2 Å². The van der Waals surface area contributed by atoms with Crippen LogP contribution in [0.25, 0.3) is 0 Å². The van der Waals surface area contributed by atoms with Crippen molar-refractivity contribution in [2.45, 2.75) is 32.7 Å². The summed E-state index contributed by atoms with van der Waals surface area (Å²) in [5, 5.41) is 0. The van der Waals surface area contributed by atoms with Crippen molar-refractivity contribution >= 4 is 28.3 Å². The van der Waals surface area contributed by atoms with E-state index in [4.69, 9.17) is 5.73 Å². The Hall–Kier alpha value is -1.14. The number of aryl methyl sites for hydroxylation is 1. The number of hydrogen-bond donors (Lipinski definition) is 1. The maximum Gasteiger partial charge on any atom is 0.123 e. The molecule has 2 nitrogen and oxygen atoms in total. The van der Waals surface area contributed by atoms with E-state index in [0.29, 0.717) is 0 Å². The van der Waals surface area contributed by atoms with Gasteiger partial charge in [0.15, 0.2) is 0 Å². The van der Waals surface area contributed by atoms with Gasteiger partial charge in [-0.05, 0) is 90.3 Å². The van der Waals surface area contributed by atoms with Crippen LogP contribution in [0, 0.1) is 9.39 Å². The smallest absolute Gasteiger partial charge is 0.123 e. The Kier molecular flexibility index (Phi) is 7.30. The second-order valence-electron chi connectivity index (χ2n) is 5.86. The number of halogens is 2. The highest BCUT2D eigenvalue weighted by Gasteiger charge is 2.07. The van der Waals surface area contributed by atoms with Crippen molar-refractivity contribution in [2.75, 3.05) is 18.8 Å². The van der Waals surface area contributed by atoms with Gasteiger partial charge in [-0.3, -0.25) is 4.90 Å². The first kappa shape index (κ1) is 18.2. The number of hydrogen-bond acceptors (Lipinski definition) is 2. The average molecular weight is 426 g/mol. The SMILES string of the molecule is CCCN(CCCc1ccc(F)cc1)Cc1ccc(N)c(I)c1. The summed E-state index contributed by atoms with van der Waals surface area (Å²) in [5.41, 5.74) is 9.23. The third kappa shape index (κ3) is 6.11. The van der Waals surface area contributed by atoms with Crippen molar-refractivity contribution in [3.63, 3.8) is 0 Å². The van der Waals surface area contributed by atoms with Crippen LogP contribution in [0.2, 0.25) is 0 Å². The second-order valence-corrected chi connectivity index (χ2v) is 7.02. The van der Waals surface area contributed by atoms with Crippen molar-refractivity contribution in [1.29, 1.82) is 0 Å². The molecule has 0 unspecified atom stereocenters. The summed E-state index contributed by atoms with van der Waals surface area (Å²) in [7, 11) is 0. The molecule has 0 aromatic heterocycles. The van der Waals surface area contributed by atoms with Crippen LogP contribution < -0.4 is 5.73 Å². The van der Waals surface area contributed by atoms with Gasteiger partial charge in [0, 0.05) is 15.8 Å². The van der Waals surface area contributed by atoms with Gasteiger partial charge >= 0.3 is 0 Å². The zero-order valence-corrected chi connectivity index (χ0v) is 15.7. The molecule has 0 aliphatic heterocycles. The summed E-state index contributed by atoms with van der Waals surface area (Å²) in [4.78, 5) is 2.48. The van der Waals surface area contributed by atoms with E-state index >= 15 is 0 Å². The van der Waals surface area contributed by atoms with Gasteiger partial charge in [0.2, 0.25) is 0 Å². The lowest BCUT2D eigenvalue weighted by Crippen LogP contribution is -2.25. The molecule has 0 fully saturated rings. The number of benzene rings is 2. The van der Waals surface area contributed by atoms with E-state index in [-0.39, 0.29) is 5.82 Å². The van der Waals surface area contributed by atoms with Crippen molar-refractivity contribution < 1.29 is 4.39 Å². The highest BCUT2D eigenvalue weighted by molar-refractivity contribution is 14.1. The van der Waals surface area contributed by atoms with Crippen molar-refractivity contribution in [3.05, 3.63) is 63.0 Å². The fraction of sp³-hybridized carbons (Fsp3) is 0.368. The second kappa shape index (κ2) is 9.23. The van der Waals surface area contributed by atoms with Crippen LogP contribution in [-0.4, -0.2) is 18.0 Å². The highest BCUT2D eigenvalue weighted by atomic mass is 127. The molecular weight excluding hydrogens is 402 g/mol. The molecule has 0 saturated carbocycles. The Balaban J connectivity index is 1.87. The molecule has 2 aromatic rings. The summed E-state index contributed by atoms with van der Waals surface area (Å²) in [5.74, 6) is -0.167. The number of nitrogen functional groups attached to an aromatic ring is 1. The third-order valence-electron chi connectivity index (χ3n) is 3.86. The molecule has 0 radical (unpaired) electrons. The topological polar surface area (TPSA) is 29.3 Å². The van der Waals surface area contributed by atoms with E-state index in [9.17, 15) is 4.39 Å². The third-order valence-corrected chi connectivity index (χ3v) is 4.80. The molecule has 2 rings (SSSR count). The fourth-order valence-electron chi connectivity index (χ4n) is 2.67.